The average Bonchev–Trinajstić information content (AvgIpc) is 2.78. The summed E-state index contributed by atoms with van der Waals surface area (Å²) in [4.78, 5) is 23.0. The average molecular weight is 525 g/mol. The van der Waals surface area contributed by atoms with Gasteiger partial charge in [0, 0.05) is 11.8 Å². The molecule has 0 bridgehead atoms. The van der Waals surface area contributed by atoms with Gasteiger partial charge in [0.15, 0.2) is 0 Å². The zero-order valence-electron chi connectivity index (χ0n) is 20.8. The number of hydrogen-bond acceptors (Lipinski definition) is 5. The van der Waals surface area contributed by atoms with Crippen molar-refractivity contribution in [3.8, 4) is 0 Å². The smallest absolute Gasteiger partial charge is 0.311 e. The Bertz CT molecular complexity index is 1160. The first-order valence-corrected chi connectivity index (χ1v) is 15.2. The summed E-state index contributed by atoms with van der Waals surface area (Å²) in [6.45, 7) is 7.00. The SMILES string of the molecule is CCCCCc1ccc(S(=O)(=O)NC(C(C)C)P(=O)(O)CC(C(=O)O)c2cccc(N)c2C)cc1. The van der Waals surface area contributed by atoms with E-state index in [1.165, 1.54) is 12.1 Å². The summed E-state index contributed by atoms with van der Waals surface area (Å²) < 4.78 is 42.0. The van der Waals surface area contributed by atoms with E-state index in [2.05, 4.69) is 11.6 Å². The third-order valence-electron chi connectivity index (χ3n) is 6.18. The number of anilines is 1. The van der Waals surface area contributed by atoms with Crippen LogP contribution in [0.5, 0.6) is 0 Å². The van der Waals surface area contributed by atoms with E-state index in [1.807, 2.05) is 0 Å². The number of aliphatic carboxylic acids is 1. The van der Waals surface area contributed by atoms with E-state index in [-0.39, 0.29) is 4.90 Å². The molecule has 0 fully saturated rings. The van der Waals surface area contributed by atoms with Gasteiger partial charge in [0.25, 0.3) is 0 Å². The van der Waals surface area contributed by atoms with Crippen LogP contribution in [0.1, 0.15) is 62.6 Å². The fourth-order valence-electron chi connectivity index (χ4n) is 4.06. The normalized spacial score (nSPS) is 15.5. The molecular weight excluding hydrogens is 487 g/mol. The molecule has 0 aromatic heterocycles. The fourth-order valence-corrected chi connectivity index (χ4v) is 8.39. The van der Waals surface area contributed by atoms with Gasteiger partial charge in [-0.2, -0.15) is 4.72 Å². The van der Waals surface area contributed by atoms with Gasteiger partial charge in [0.1, 0.15) is 5.78 Å². The zero-order valence-corrected chi connectivity index (χ0v) is 22.5. The van der Waals surface area contributed by atoms with Gasteiger partial charge in [-0.3, -0.25) is 9.36 Å². The molecule has 2 aromatic carbocycles. The van der Waals surface area contributed by atoms with E-state index in [1.54, 1.807) is 51.1 Å². The molecular formula is C25H37N2O6PS. The van der Waals surface area contributed by atoms with Crippen molar-refractivity contribution < 1.29 is 27.8 Å². The number of unbranched alkanes of at least 4 members (excludes halogenated alkanes) is 2. The number of sulfonamides is 1. The molecule has 0 saturated heterocycles. The van der Waals surface area contributed by atoms with Crippen molar-refractivity contribution in [3.05, 3.63) is 59.2 Å². The maximum absolute atomic E-state index is 13.5. The molecule has 0 aliphatic carbocycles. The van der Waals surface area contributed by atoms with E-state index in [9.17, 15) is 27.8 Å². The molecule has 0 heterocycles. The van der Waals surface area contributed by atoms with E-state index < -0.39 is 47.1 Å². The lowest BCUT2D eigenvalue weighted by atomic mass is 9.95. The van der Waals surface area contributed by atoms with Crippen molar-refractivity contribution in [2.24, 2.45) is 5.92 Å². The third-order valence-corrected chi connectivity index (χ3v) is 10.3. The van der Waals surface area contributed by atoms with Crippen LogP contribution in [0.25, 0.3) is 0 Å². The summed E-state index contributed by atoms with van der Waals surface area (Å²) in [7, 11) is -8.44. The van der Waals surface area contributed by atoms with Crippen LogP contribution in [-0.4, -0.2) is 36.3 Å². The van der Waals surface area contributed by atoms with Crippen LogP contribution in [0, 0.1) is 12.8 Å². The molecule has 0 spiro atoms. The van der Waals surface area contributed by atoms with Gasteiger partial charge in [0.2, 0.25) is 17.4 Å². The highest BCUT2D eigenvalue weighted by atomic mass is 32.2. The van der Waals surface area contributed by atoms with E-state index in [0.717, 1.165) is 31.2 Å². The minimum absolute atomic E-state index is 0.0103. The second-order valence-corrected chi connectivity index (χ2v) is 13.4. The molecule has 8 nitrogen and oxygen atoms in total. The van der Waals surface area contributed by atoms with E-state index in [0.29, 0.717) is 16.8 Å². The van der Waals surface area contributed by atoms with Crippen LogP contribution in [0.3, 0.4) is 0 Å². The summed E-state index contributed by atoms with van der Waals surface area (Å²) in [6, 6.07) is 11.2. The molecule has 10 heteroatoms. The zero-order chi connectivity index (χ0) is 26.4. The molecule has 2 rings (SSSR count). The number of aryl methyl sites for hydroxylation is 1. The van der Waals surface area contributed by atoms with Gasteiger partial charge in [-0.25, -0.2) is 8.42 Å². The number of nitrogens with one attached hydrogen (secondary N) is 1. The second kappa shape index (κ2) is 12.2. The molecule has 5 N–H and O–H groups in total. The van der Waals surface area contributed by atoms with Crippen molar-refractivity contribution in [1.29, 1.82) is 0 Å². The Morgan fingerprint density at radius 3 is 2.29 bits per heavy atom. The van der Waals surface area contributed by atoms with Crippen molar-refractivity contribution >= 4 is 29.0 Å². The monoisotopic (exact) mass is 524 g/mol. The Balaban J connectivity index is 2.30. The quantitative estimate of drug-likeness (QED) is 0.169. The molecule has 3 unspecified atom stereocenters. The van der Waals surface area contributed by atoms with Gasteiger partial charge < -0.3 is 15.7 Å². The van der Waals surface area contributed by atoms with Gasteiger partial charge >= 0.3 is 5.97 Å². The first kappa shape index (κ1) is 29.0. The largest absolute Gasteiger partial charge is 0.481 e. The second-order valence-electron chi connectivity index (χ2n) is 9.30. The predicted molar refractivity (Wildman–Crippen MR) is 139 cm³/mol. The highest BCUT2D eigenvalue weighted by Crippen LogP contribution is 2.52. The Hall–Kier alpha value is -2.19. The third kappa shape index (κ3) is 7.64. The Morgan fingerprint density at radius 2 is 1.74 bits per heavy atom. The van der Waals surface area contributed by atoms with Crippen LogP contribution in [0.2, 0.25) is 0 Å². The molecule has 2 aromatic rings. The molecule has 0 amide bonds. The van der Waals surface area contributed by atoms with Gasteiger partial charge in [0.05, 0.1) is 10.8 Å². The first-order valence-electron chi connectivity index (χ1n) is 11.8. The van der Waals surface area contributed by atoms with Crippen molar-refractivity contribution in [2.75, 3.05) is 11.9 Å². The number of carbonyl (C=O) groups is 1. The fraction of sp³-hybridized carbons (Fsp3) is 0.480. The maximum atomic E-state index is 13.5. The topological polar surface area (TPSA) is 147 Å². The molecule has 0 radical (unpaired) electrons. The summed E-state index contributed by atoms with van der Waals surface area (Å²) in [5.41, 5.74) is 8.15. The van der Waals surface area contributed by atoms with Crippen molar-refractivity contribution in [2.45, 2.75) is 70.0 Å². The lowest BCUT2D eigenvalue weighted by Gasteiger charge is -2.29. The highest BCUT2D eigenvalue weighted by Gasteiger charge is 2.41. The Kier molecular flexibility index (Phi) is 10.1. The maximum Gasteiger partial charge on any atom is 0.311 e. The first-order chi connectivity index (χ1) is 16.3. The number of rotatable bonds is 13. The van der Waals surface area contributed by atoms with Crippen LogP contribution in [-0.2, 0) is 25.8 Å². The Morgan fingerprint density at radius 1 is 1.11 bits per heavy atom. The Labute approximate surface area is 208 Å². The van der Waals surface area contributed by atoms with Crippen molar-refractivity contribution in [1.82, 2.24) is 4.72 Å². The lowest BCUT2D eigenvalue weighted by molar-refractivity contribution is -0.138. The lowest BCUT2D eigenvalue weighted by Crippen LogP contribution is -2.39. The van der Waals surface area contributed by atoms with Crippen LogP contribution < -0.4 is 10.5 Å². The number of carboxylic acid groups (broad SMARTS) is 1. The van der Waals surface area contributed by atoms with Gasteiger partial charge in [-0.05, 0) is 60.6 Å². The minimum atomic E-state index is -4.33. The summed E-state index contributed by atoms with van der Waals surface area (Å²) >= 11 is 0. The van der Waals surface area contributed by atoms with Crippen LogP contribution >= 0.6 is 7.37 Å². The van der Waals surface area contributed by atoms with Gasteiger partial charge in [-0.1, -0.05) is 57.9 Å². The number of nitrogens with two attached hydrogens (primary N) is 1. The van der Waals surface area contributed by atoms with E-state index in [4.69, 9.17) is 5.73 Å². The van der Waals surface area contributed by atoms with Crippen molar-refractivity contribution in [3.63, 3.8) is 0 Å². The number of carboxylic acids is 1. The number of nitrogen functional groups attached to an aromatic ring is 1. The summed E-state index contributed by atoms with van der Waals surface area (Å²) in [6.07, 6.45) is 3.42. The predicted octanol–water partition coefficient (Wildman–Crippen LogP) is 4.71. The number of hydrogen-bond donors (Lipinski definition) is 4. The molecule has 0 saturated carbocycles. The molecule has 194 valence electrons. The van der Waals surface area contributed by atoms with Crippen LogP contribution in [0.15, 0.2) is 47.4 Å². The minimum Gasteiger partial charge on any atom is -0.481 e. The highest BCUT2D eigenvalue weighted by molar-refractivity contribution is 7.90. The summed E-state index contributed by atoms with van der Waals surface area (Å²) in [5, 5.41) is 9.83. The number of benzene rings is 2. The molecule has 0 aliphatic heterocycles. The molecule has 3 atom stereocenters. The molecule has 0 aliphatic rings. The molecule has 35 heavy (non-hydrogen) atoms. The van der Waals surface area contributed by atoms with Gasteiger partial charge in [-0.15, -0.1) is 0 Å². The standard InChI is InChI=1S/C25H37N2O6PS/c1-5-6-7-9-19-12-14-20(15-13-19)35(32,33)27-24(17(2)3)34(30,31)16-22(25(28)29)21-10-8-11-23(26)18(21)4/h8,10-15,17,22,24,27H,5-7,9,16,26H2,1-4H3,(H,28,29)(H,30,31). The summed E-state index contributed by atoms with van der Waals surface area (Å²) in [5.74, 6) is -4.52. The van der Waals surface area contributed by atoms with Crippen LogP contribution in [0.4, 0.5) is 5.69 Å². The van der Waals surface area contributed by atoms with E-state index >= 15 is 0 Å².